The zero-order valence-electron chi connectivity index (χ0n) is 14.9. The number of H-pyrrole nitrogens is 1. The number of piperidine rings is 1. The van der Waals surface area contributed by atoms with Crippen molar-refractivity contribution in [3.8, 4) is 11.5 Å². The van der Waals surface area contributed by atoms with Crippen LogP contribution < -0.4 is 16.2 Å². The quantitative estimate of drug-likeness (QED) is 0.642. The van der Waals surface area contributed by atoms with E-state index in [9.17, 15) is 9.59 Å². The van der Waals surface area contributed by atoms with Crippen LogP contribution in [0.25, 0.3) is 11.5 Å². The van der Waals surface area contributed by atoms with Gasteiger partial charge in [-0.15, -0.1) is 0 Å². The number of carbonyl (C=O) groups is 1. The van der Waals surface area contributed by atoms with Crippen molar-refractivity contribution in [2.45, 2.75) is 18.8 Å². The molecule has 0 aliphatic carbocycles. The number of hydrogen-bond acceptors (Lipinski definition) is 6. The summed E-state index contributed by atoms with van der Waals surface area (Å²) in [6, 6.07) is 6.55. The molecule has 1 aliphatic heterocycles. The third-order valence-electron chi connectivity index (χ3n) is 4.65. The van der Waals surface area contributed by atoms with Crippen LogP contribution in [0, 0.1) is 0 Å². The van der Waals surface area contributed by atoms with Gasteiger partial charge in [0.15, 0.2) is 5.82 Å². The standard InChI is InChI=1S/C18H20N6O3/c1-24-18(21-15(23-24)11-6-8-19-9-7-11)22-17(26)12-4-5-13(20-16(12)25)14-3-2-10-27-14/h2-5,10-11,19H,6-9H2,1H3,(H,20,25)(H,21,22,23,26). The van der Waals surface area contributed by atoms with E-state index in [-0.39, 0.29) is 11.5 Å². The molecule has 3 aromatic rings. The molecule has 3 aromatic heterocycles. The molecule has 0 bridgehead atoms. The van der Waals surface area contributed by atoms with Crippen molar-refractivity contribution < 1.29 is 9.21 Å². The zero-order chi connectivity index (χ0) is 18.8. The van der Waals surface area contributed by atoms with E-state index in [0.717, 1.165) is 31.8 Å². The fourth-order valence-electron chi connectivity index (χ4n) is 3.16. The van der Waals surface area contributed by atoms with E-state index in [1.807, 2.05) is 0 Å². The highest BCUT2D eigenvalue weighted by atomic mass is 16.3. The lowest BCUT2D eigenvalue weighted by Crippen LogP contribution is -2.27. The van der Waals surface area contributed by atoms with Gasteiger partial charge in [0.05, 0.1) is 12.0 Å². The summed E-state index contributed by atoms with van der Waals surface area (Å²) in [5, 5.41) is 10.4. The lowest BCUT2D eigenvalue weighted by Gasteiger charge is -2.19. The number of hydrogen-bond donors (Lipinski definition) is 3. The minimum absolute atomic E-state index is 0.00303. The van der Waals surface area contributed by atoms with Crippen molar-refractivity contribution in [3.05, 3.63) is 52.3 Å². The Kier molecular flexibility index (Phi) is 4.59. The molecular weight excluding hydrogens is 348 g/mol. The second-order valence-corrected chi connectivity index (χ2v) is 6.49. The number of anilines is 1. The van der Waals surface area contributed by atoms with Gasteiger partial charge in [0, 0.05) is 13.0 Å². The summed E-state index contributed by atoms with van der Waals surface area (Å²) < 4.78 is 6.78. The number of carbonyl (C=O) groups excluding carboxylic acids is 1. The Morgan fingerprint density at radius 3 is 2.81 bits per heavy atom. The Morgan fingerprint density at radius 2 is 2.11 bits per heavy atom. The van der Waals surface area contributed by atoms with E-state index in [2.05, 4.69) is 25.7 Å². The van der Waals surface area contributed by atoms with Crippen LogP contribution >= 0.6 is 0 Å². The topological polar surface area (TPSA) is 118 Å². The third-order valence-corrected chi connectivity index (χ3v) is 4.65. The second kappa shape index (κ2) is 7.20. The SMILES string of the molecule is Cn1nc(C2CCNCC2)nc1NC(=O)c1ccc(-c2ccco2)[nH]c1=O. The predicted octanol–water partition coefficient (Wildman–Crippen LogP) is 1.48. The van der Waals surface area contributed by atoms with Gasteiger partial charge in [-0.2, -0.15) is 10.1 Å². The van der Waals surface area contributed by atoms with Gasteiger partial charge in [-0.3, -0.25) is 14.9 Å². The van der Waals surface area contributed by atoms with E-state index < -0.39 is 11.5 Å². The molecule has 27 heavy (non-hydrogen) atoms. The molecule has 1 fully saturated rings. The molecule has 1 amide bonds. The Morgan fingerprint density at radius 1 is 1.30 bits per heavy atom. The van der Waals surface area contributed by atoms with Crippen LogP contribution in [0.2, 0.25) is 0 Å². The molecule has 0 atom stereocenters. The maximum absolute atomic E-state index is 12.5. The Hall–Kier alpha value is -3.20. The molecule has 0 radical (unpaired) electrons. The highest BCUT2D eigenvalue weighted by Gasteiger charge is 2.22. The third kappa shape index (κ3) is 3.54. The summed E-state index contributed by atoms with van der Waals surface area (Å²) in [6.07, 6.45) is 3.44. The molecule has 0 unspecified atom stereocenters. The van der Waals surface area contributed by atoms with Crippen molar-refractivity contribution in [3.63, 3.8) is 0 Å². The molecule has 140 valence electrons. The first kappa shape index (κ1) is 17.2. The highest BCUT2D eigenvalue weighted by Crippen LogP contribution is 2.23. The number of aromatic nitrogens is 4. The summed E-state index contributed by atoms with van der Waals surface area (Å²) in [4.78, 5) is 31.9. The van der Waals surface area contributed by atoms with Crippen molar-refractivity contribution in [2.75, 3.05) is 18.4 Å². The van der Waals surface area contributed by atoms with E-state index in [4.69, 9.17) is 4.42 Å². The average Bonchev–Trinajstić information content (AvgIpc) is 3.33. The Bertz CT molecular complexity index is 999. The fraction of sp³-hybridized carbons (Fsp3) is 0.333. The maximum Gasteiger partial charge on any atom is 0.263 e. The Labute approximate surface area is 154 Å². The van der Waals surface area contributed by atoms with Crippen molar-refractivity contribution >= 4 is 11.9 Å². The van der Waals surface area contributed by atoms with E-state index in [0.29, 0.717) is 17.4 Å². The first-order chi connectivity index (χ1) is 13.1. The van der Waals surface area contributed by atoms with Gasteiger partial charge in [0.1, 0.15) is 11.3 Å². The number of nitrogens with one attached hydrogen (secondary N) is 3. The van der Waals surface area contributed by atoms with E-state index in [1.165, 1.54) is 17.0 Å². The molecule has 1 saturated heterocycles. The lowest BCUT2D eigenvalue weighted by molar-refractivity contribution is 0.102. The minimum atomic E-state index is -0.533. The Balaban J connectivity index is 1.52. The normalized spacial score (nSPS) is 15.0. The first-order valence-electron chi connectivity index (χ1n) is 8.82. The highest BCUT2D eigenvalue weighted by molar-refractivity contribution is 6.03. The van der Waals surface area contributed by atoms with Crippen molar-refractivity contribution in [1.82, 2.24) is 25.1 Å². The van der Waals surface area contributed by atoms with Crippen LogP contribution in [-0.2, 0) is 7.05 Å². The monoisotopic (exact) mass is 368 g/mol. The van der Waals surface area contributed by atoms with Gasteiger partial charge in [0.2, 0.25) is 5.95 Å². The van der Waals surface area contributed by atoms with Crippen LogP contribution in [0.3, 0.4) is 0 Å². The first-order valence-corrected chi connectivity index (χ1v) is 8.82. The summed E-state index contributed by atoms with van der Waals surface area (Å²) >= 11 is 0. The zero-order valence-corrected chi connectivity index (χ0v) is 14.9. The summed E-state index contributed by atoms with van der Waals surface area (Å²) in [7, 11) is 1.72. The van der Waals surface area contributed by atoms with Gasteiger partial charge in [-0.25, -0.2) is 4.68 Å². The molecule has 3 N–H and O–H groups in total. The second-order valence-electron chi connectivity index (χ2n) is 6.49. The molecule has 9 nitrogen and oxygen atoms in total. The largest absolute Gasteiger partial charge is 0.463 e. The maximum atomic E-state index is 12.5. The average molecular weight is 368 g/mol. The van der Waals surface area contributed by atoms with Crippen LogP contribution in [0.5, 0.6) is 0 Å². The van der Waals surface area contributed by atoms with Gasteiger partial charge < -0.3 is 14.7 Å². The van der Waals surface area contributed by atoms with Crippen LogP contribution in [0.1, 0.15) is 34.9 Å². The van der Waals surface area contributed by atoms with E-state index in [1.54, 1.807) is 25.2 Å². The number of amides is 1. The summed E-state index contributed by atoms with van der Waals surface area (Å²) in [5.74, 6) is 1.31. The number of nitrogens with zero attached hydrogens (tertiary/aromatic N) is 3. The van der Waals surface area contributed by atoms with Gasteiger partial charge >= 0.3 is 0 Å². The molecule has 4 heterocycles. The number of aromatic amines is 1. The van der Waals surface area contributed by atoms with Crippen molar-refractivity contribution in [1.29, 1.82) is 0 Å². The number of aryl methyl sites for hydroxylation is 1. The number of pyridine rings is 1. The lowest BCUT2D eigenvalue weighted by atomic mass is 9.98. The predicted molar refractivity (Wildman–Crippen MR) is 98.6 cm³/mol. The van der Waals surface area contributed by atoms with Crippen LogP contribution in [0.15, 0.2) is 39.7 Å². The fourth-order valence-corrected chi connectivity index (χ4v) is 3.16. The van der Waals surface area contributed by atoms with Crippen LogP contribution in [-0.4, -0.2) is 38.7 Å². The molecule has 9 heteroatoms. The smallest absolute Gasteiger partial charge is 0.263 e. The molecular formula is C18H20N6O3. The summed E-state index contributed by atoms with van der Waals surface area (Å²) in [5.41, 5.74) is 0.00673. The van der Waals surface area contributed by atoms with Gasteiger partial charge in [-0.05, 0) is 50.2 Å². The van der Waals surface area contributed by atoms with E-state index >= 15 is 0 Å². The molecule has 0 saturated carbocycles. The number of furan rings is 1. The molecule has 4 rings (SSSR count). The van der Waals surface area contributed by atoms with Crippen LogP contribution in [0.4, 0.5) is 5.95 Å². The number of rotatable bonds is 4. The minimum Gasteiger partial charge on any atom is -0.463 e. The summed E-state index contributed by atoms with van der Waals surface area (Å²) in [6.45, 7) is 1.87. The van der Waals surface area contributed by atoms with Gasteiger partial charge in [-0.1, -0.05) is 0 Å². The molecule has 0 spiro atoms. The molecule has 1 aliphatic rings. The van der Waals surface area contributed by atoms with Gasteiger partial charge in [0.25, 0.3) is 11.5 Å². The molecule has 0 aromatic carbocycles. The van der Waals surface area contributed by atoms with Crippen molar-refractivity contribution in [2.24, 2.45) is 7.05 Å².